The zero-order valence-electron chi connectivity index (χ0n) is 15.4. The van der Waals surface area contributed by atoms with Crippen LogP contribution < -0.4 is 10.6 Å². The van der Waals surface area contributed by atoms with Gasteiger partial charge in [-0.05, 0) is 49.8 Å². The molecule has 148 valence electrons. The van der Waals surface area contributed by atoms with Crippen LogP contribution in [0.3, 0.4) is 0 Å². The number of hydrogen-bond donors (Lipinski definition) is 2. The predicted octanol–water partition coefficient (Wildman–Crippen LogP) is 1.39. The maximum absolute atomic E-state index is 12.5. The molecule has 1 heterocycles. The van der Waals surface area contributed by atoms with E-state index < -0.39 is 10.0 Å². The van der Waals surface area contributed by atoms with E-state index in [2.05, 4.69) is 10.6 Å². The van der Waals surface area contributed by atoms with Gasteiger partial charge in [0.05, 0.1) is 4.90 Å². The van der Waals surface area contributed by atoms with Gasteiger partial charge in [0.25, 0.3) is 0 Å². The first-order chi connectivity index (χ1) is 13.0. The Kier molecular flexibility index (Phi) is 6.49. The van der Waals surface area contributed by atoms with E-state index in [1.54, 1.807) is 24.3 Å². The third kappa shape index (κ3) is 5.52. The first-order valence-corrected chi connectivity index (χ1v) is 11.0. The molecule has 1 saturated carbocycles. The van der Waals surface area contributed by atoms with E-state index in [0.717, 1.165) is 31.2 Å². The predicted molar refractivity (Wildman–Crippen MR) is 101 cm³/mol. The maximum atomic E-state index is 12.5. The molecule has 0 radical (unpaired) electrons. The molecule has 2 aliphatic rings. The first kappa shape index (κ1) is 19.8. The Balaban J connectivity index is 1.39. The van der Waals surface area contributed by atoms with Gasteiger partial charge < -0.3 is 10.6 Å². The molecule has 1 saturated heterocycles. The largest absolute Gasteiger partial charge is 0.356 e. The zero-order valence-corrected chi connectivity index (χ0v) is 16.3. The van der Waals surface area contributed by atoms with Crippen LogP contribution in [0.25, 0.3) is 0 Å². The summed E-state index contributed by atoms with van der Waals surface area (Å²) in [5.41, 5.74) is 0.853. The summed E-state index contributed by atoms with van der Waals surface area (Å²) in [7, 11) is -3.40. The normalized spacial score (nSPS) is 17.6. The Morgan fingerprint density at radius 2 is 1.70 bits per heavy atom. The summed E-state index contributed by atoms with van der Waals surface area (Å²) in [4.78, 5) is 23.7. The number of sulfonamides is 1. The van der Waals surface area contributed by atoms with Crippen LogP contribution in [-0.4, -0.2) is 44.2 Å². The number of rotatable bonds is 9. The van der Waals surface area contributed by atoms with Crippen LogP contribution in [0.2, 0.25) is 0 Å². The summed E-state index contributed by atoms with van der Waals surface area (Å²) in [6.07, 6.45) is 4.74. The maximum Gasteiger partial charge on any atom is 0.243 e. The van der Waals surface area contributed by atoms with Crippen LogP contribution >= 0.6 is 0 Å². The fourth-order valence-electron chi connectivity index (χ4n) is 3.10. The van der Waals surface area contributed by atoms with Crippen molar-refractivity contribution in [2.45, 2.75) is 50.0 Å². The van der Waals surface area contributed by atoms with Crippen LogP contribution in [0.15, 0.2) is 29.2 Å². The molecular weight excluding hydrogens is 366 g/mol. The summed E-state index contributed by atoms with van der Waals surface area (Å²) in [6, 6.07) is 6.67. The Hall–Kier alpha value is -1.93. The number of benzene rings is 1. The van der Waals surface area contributed by atoms with Gasteiger partial charge in [0.15, 0.2) is 0 Å². The molecule has 1 aromatic rings. The van der Waals surface area contributed by atoms with Crippen molar-refractivity contribution in [1.82, 2.24) is 14.9 Å². The second-order valence-corrected chi connectivity index (χ2v) is 9.14. The van der Waals surface area contributed by atoms with E-state index in [0.29, 0.717) is 43.9 Å². The minimum Gasteiger partial charge on any atom is -0.356 e. The summed E-state index contributed by atoms with van der Waals surface area (Å²) < 4.78 is 26.5. The number of amides is 2. The lowest BCUT2D eigenvalue weighted by Gasteiger charge is -2.15. The quantitative estimate of drug-likeness (QED) is 0.620. The molecule has 1 aliphatic heterocycles. The third-order valence-corrected chi connectivity index (χ3v) is 6.86. The number of nitrogens with one attached hydrogen (secondary N) is 2. The van der Waals surface area contributed by atoms with Gasteiger partial charge in [0.1, 0.15) is 0 Å². The number of carbonyl (C=O) groups is 2. The van der Waals surface area contributed by atoms with Crippen molar-refractivity contribution >= 4 is 21.8 Å². The molecule has 0 spiro atoms. The molecule has 0 bridgehead atoms. The molecule has 2 amide bonds. The average molecular weight is 394 g/mol. The van der Waals surface area contributed by atoms with Gasteiger partial charge in [-0.25, -0.2) is 8.42 Å². The van der Waals surface area contributed by atoms with Crippen molar-refractivity contribution in [1.29, 1.82) is 0 Å². The third-order valence-electron chi connectivity index (χ3n) is 4.94. The lowest BCUT2D eigenvalue weighted by atomic mass is 10.2. The van der Waals surface area contributed by atoms with Crippen molar-refractivity contribution in [3.63, 3.8) is 0 Å². The van der Waals surface area contributed by atoms with Crippen molar-refractivity contribution in [3.8, 4) is 0 Å². The molecule has 2 fully saturated rings. The Morgan fingerprint density at radius 3 is 2.33 bits per heavy atom. The molecule has 1 aliphatic carbocycles. The molecule has 0 unspecified atom stereocenters. The fraction of sp³-hybridized carbons (Fsp3) is 0.579. The van der Waals surface area contributed by atoms with Crippen LogP contribution in [-0.2, 0) is 26.2 Å². The van der Waals surface area contributed by atoms with Crippen molar-refractivity contribution in [2.24, 2.45) is 5.92 Å². The summed E-state index contributed by atoms with van der Waals surface area (Å²) in [5.74, 6) is 0.208. The molecular formula is C19H27N3O4S. The van der Waals surface area contributed by atoms with Gasteiger partial charge in [-0.1, -0.05) is 12.1 Å². The molecule has 3 rings (SSSR count). The van der Waals surface area contributed by atoms with Crippen LogP contribution in [0, 0.1) is 5.92 Å². The van der Waals surface area contributed by atoms with E-state index >= 15 is 0 Å². The fourth-order valence-corrected chi connectivity index (χ4v) is 4.61. The second kappa shape index (κ2) is 8.84. The zero-order chi connectivity index (χ0) is 19.3. The smallest absolute Gasteiger partial charge is 0.243 e. The highest BCUT2D eigenvalue weighted by molar-refractivity contribution is 7.89. The molecule has 1 aromatic carbocycles. The molecule has 7 nitrogen and oxygen atoms in total. The molecule has 8 heteroatoms. The van der Waals surface area contributed by atoms with Gasteiger partial charge in [0, 0.05) is 38.5 Å². The summed E-state index contributed by atoms with van der Waals surface area (Å²) >= 11 is 0. The van der Waals surface area contributed by atoms with Crippen molar-refractivity contribution in [2.75, 3.05) is 19.6 Å². The summed E-state index contributed by atoms with van der Waals surface area (Å²) in [5, 5.41) is 5.66. The number of nitrogens with zero attached hydrogens (tertiary/aromatic N) is 1. The average Bonchev–Trinajstić information content (AvgIpc) is 3.37. The Morgan fingerprint density at radius 1 is 1.04 bits per heavy atom. The van der Waals surface area contributed by atoms with Gasteiger partial charge in [-0.15, -0.1) is 0 Å². The van der Waals surface area contributed by atoms with E-state index in [4.69, 9.17) is 0 Å². The SMILES string of the molecule is O=C(CCCNC(=O)C1CC1)NCc1ccc(S(=O)(=O)N2CCCC2)cc1. The highest BCUT2D eigenvalue weighted by Gasteiger charge is 2.29. The van der Waals surface area contributed by atoms with Crippen LogP contribution in [0.4, 0.5) is 0 Å². The first-order valence-electron chi connectivity index (χ1n) is 9.60. The number of hydrogen-bond acceptors (Lipinski definition) is 4. The van der Waals surface area contributed by atoms with E-state index in [9.17, 15) is 18.0 Å². The lowest BCUT2D eigenvalue weighted by Crippen LogP contribution is -2.28. The lowest BCUT2D eigenvalue weighted by molar-refractivity contribution is -0.123. The van der Waals surface area contributed by atoms with Crippen molar-refractivity contribution in [3.05, 3.63) is 29.8 Å². The van der Waals surface area contributed by atoms with Gasteiger partial charge in [0.2, 0.25) is 21.8 Å². The summed E-state index contributed by atoms with van der Waals surface area (Å²) in [6.45, 7) is 2.05. The second-order valence-electron chi connectivity index (χ2n) is 7.20. The topological polar surface area (TPSA) is 95.6 Å². The molecule has 0 atom stereocenters. The molecule has 2 N–H and O–H groups in total. The molecule has 27 heavy (non-hydrogen) atoms. The Bertz CT molecular complexity index is 767. The van der Waals surface area contributed by atoms with Crippen LogP contribution in [0.1, 0.15) is 44.1 Å². The van der Waals surface area contributed by atoms with Gasteiger partial charge >= 0.3 is 0 Å². The Labute approximate surface area is 160 Å². The standard InChI is InChI=1S/C19H27N3O4S/c23-18(4-3-11-20-19(24)16-7-8-16)21-14-15-5-9-17(10-6-15)27(25,26)22-12-1-2-13-22/h5-6,9-10,16H,1-4,7-8,11-14H2,(H,20,24)(H,21,23). The molecule has 0 aromatic heterocycles. The van der Waals surface area contributed by atoms with Crippen molar-refractivity contribution < 1.29 is 18.0 Å². The van der Waals surface area contributed by atoms with Gasteiger partial charge in [-0.3, -0.25) is 9.59 Å². The highest BCUT2D eigenvalue weighted by atomic mass is 32.2. The number of carbonyl (C=O) groups excluding carboxylic acids is 2. The van der Waals surface area contributed by atoms with Gasteiger partial charge in [-0.2, -0.15) is 4.31 Å². The minimum atomic E-state index is -3.40. The monoisotopic (exact) mass is 393 g/mol. The van der Waals surface area contributed by atoms with E-state index in [1.807, 2.05) is 0 Å². The van der Waals surface area contributed by atoms with E-state index in [1.165, 1.54) is 4.31 Å². The van der Waals surface area contributed by atoms with E-state index in [-0.39, 0.29) is 17.7 Å². The highest BCUT2D eigenvalue weighted by Crippen LogP contribution is 2.28. The van der Waals surface area contributed by atoms with Crippen LogP contribution in [0.5, 0.6) is 0 Å². The minimum absolute atomic E-state index is 0.0792.